The fraction of sp³-hybridized carbons (Fsp3) is 0.278. The number of nitro groups is 1. The number of non-ortho nitro benzene ring substituents is 1. The van der Waals surface area contributed by atoms with Crippen LogP contribution >= 0.6 is 0 Å². The van der Waals surface area contributed by atoms with Crippen LogP contribution in [-0.2, 0) is 4.74 Å². The van der Waals surface area contributed by atoms with E-state index in [4.69, 9.17) is 9.47 Å². The molecule has 1 unspecified atom stereocenters. The first-order valence-electron chi connectivity index (χ1n) is 8.31. The minimum atomic E-state index is -0.796. The van der Waals surface area contributed by atoms with Crippen molar-refractivity contribution in [3.63, 3.8) is 0 Å². The first-order chi connectivity index (χ1) is 12.6. The predicted molar refractivity (Wildman–Crippen MR) is 93.4 cm³/mol. The first kappa shape index (κ1) is 16.3. The maximum atomic E-state index is 12.4. The summed E-state index contributed by atoms with van der Waals surface area (Å²) in [6.07, 6.45) is -0.796. The molecule has 134 valence electrons. The van der Waals surface area contributed by atoms with E-state index in [1.165, 1.54) is 12.1 Å². The van der Waals surface area contributed by atoms with E-state index in [0.29, 0.717) is 43.2 Å². The van der Waals surface area contributed by atoms with Crippen LogP contribution in [0.3, 0.4) is 0 Å². The standard InChI is InChI=1S/C18H17N3O5/c22-17-13-3-1-2-4-16(13)26-18(19-17)14-11-12(21(23)24)5-6-15(14)20-7-9-25-10-8-20/h1-6,11,18H,7-10H2,(H,19,22). The van der Waals surface area contributed by atoms with E-state index in [1.54, 1.807) is 30.3 Å². The fourth-order valence-electron chi connectivity index (χ4n) is 3.21. The summed E-state index contributed by atoms with van der Waals surface area (Å²) < 4.78 is 11.3. The monoisotopic (exact) mass is 355 g/mol. The lowest BCUT2D eigenvalue weighted by Gasteiger charge is -2.34. The summed E-state index contributed by atoms with van der Waals surface area (Å²) >= 11 is 0. The Hall–Kier alpha value is -3.13. The van der Waals surface area contributed by atoms with Gasteiger partial charge in [-0.25, -0.2) is 0 Å². The van der Waals surface area contributed by atoms with E-state index >= 15 is 0 Å². The van der Waals surface area contributed by atoms with Gasteiger partial charge in [-0.05, 0) is 18.2 Å². The van der Waals surface area contributed by atoms with E-state index in [-0.39, 0.29) is 11.6 Å². The highest BCUT2D eigenvalue weighted by atomic mass is 16.6. The van der Waals surface area contributed by atoms with Crippen molar-refractivity contribution in [1.29, 1.82) is 0 Å². The third kappa shape index (κ3) is 2.95. The number of nitro benzene ring substituents is 1. The van der Waals surface area contributed by atoms with Crippen LogP contribution in [0.15, 0.2) is 42.5 Å². The highest BCUT2D eigenvalue weighted by molar-refractivity contribution is 5.98. The minimum Gasteiger partial charge on any atom is -0.465 e. The van der Waals surface area contributed by atoms with Gasteiger partial charge in [-0.2, -0.15) is 0 Å². The van der Waals surface area contributed by atoms with Crippen molar-refractivity contribution < 1.29 is 19.2 Å². The van der Waals surface area contributed by atoms with Crippen molar-refractivity contribution in [3.05, 3.63) is 63.7 Å². The molecule has 1 fully saturated rings. The summed E-state index contributed by atoms with van der Waals surface area (Å²) in [6.45, 7) is 2.50. The minimum absolute atomic E-state index is 0.0475. The molecule has 4 rings (SSSR count). The number of morpholine rings is 1. The van der Waals surface area contributed by atoms with E-state index in [1.807, 2.05) is 0 Å². The molecule has 2 heterocycles. The normalized spacial score (nSPS) is 19.3. The van der Waals surface area contributed by atoms with Gasteiger partial charge in [0, 0.05) is 36.5 Å². The zero-order valence-corrected chi connectivity index (χ0v) is 13.9. The van der Waals surface area contributed by atoms with E-state index in [2.05, 4.69) is 10.2 Å². The Morgan fingerprint density at radius 3 is 2.69 bits per heavy atom. The van der Waals surface area contributed by atoms with Gasteiger partial charge in [-0.1, -0.05) is 12.1 Å². The molecule has 2 aliphatic heterocycles. The number of amides is 1. The second kappa shape index (κ2) is 6.64. The molecule has 1 N–H and O–H groups in total. The molecule has 1 amide bonds. The largest absolute Gasteiger partial charge is 0.465 e. The Bertz CT molecular complexity index is 864. The molecule has 2 aliphatic rings. The lowest BCUT2D eigenvalue weighted by Crippen LogP contribution is -2.40. The molecule has 0 spiro atoms. The highest BCUT2D eigenvalue weighted by Gasteiger charge is 2.30. The highest BCUT2D eigenvalue weighted by Crippen LogP contribution is 2.35. The average Bonchev–Trinajstić information content (AvgIpc) is 2.68. The van der Waals surface area contributed by atoms with Crippen molar-refractivity contribution in [2.75, 3.05) is 31.2 Å². The molecule has 0 aliphatic carbocycles. The van der Waals surface area contributed by atoms with Gasteiger partial charge >= 0.3 is 0 Å². The predicted octanol–water partition coefficient (Wildman–Crippen LogP) is 2.25. The van der Waals surface area contributed by atoms with Crippen LogP contribution in [-0.4, -0.2) is 37.1 Å². The maximum Gasteiger partial charge on any atom is 0.270 e. The third-order valence-corrected chi connectivity index (χ3v) is 4.49. The van der Waals surface area contributed by atoms with Gasteiger partial charge in [-0.3, -0.25) is 14.9 Å². The molecule has 1 saturated heterocycles. The van der Waals surface area contributed by atoms with Crippen LogP contribution in [0.25, 0.3) is 0 Å². The number of anilines is 1. The van der Waals surface area contributed by atoms with Gasteiger partial charge in [0.25, 0.3) is 11.6 Å². The molecule has 1 atom stereocenters. The number of para-hydroxylation sites is 1. The Labute approximate surface area is 149 Å². The zero-order valence-electron chi connectivity index (χ0n) is 13.9. The summed E-state index contributed by atoms with van der Waals surface area (Å²) in [6, 6.07) is 11.6. The molecule has 26 heavy (non-hydrogen) atoms. The van der Waals surface area contributed by atoms with Crippen LogP contribution in [0.5, 0.6) is 5.75 Å². The number of hydrogen-bond acceptors (Lipinski definition) is 6. The number of nitrogens with zero attached hydrogens (tertiary/aromatic N) is 2. The van der Waals surface area contributed by atoms with Gasteiger partial charge in [0.1, 0.15) is 5.75 Å². The average molecular weight is 355 g/mol. The molecule has 2 aromatic rings. The topological polar surface area (TPSA) is 93.9 Å². The Morgan fingerprint density at radius 2 is 1.92 bits per heavy atom. The summed E-state index contributed by atoms with van der Waals surface area (Å²) in [5, 5.41) is 14.0. The molecular weight excluding hydrogens is 338 g/mol. The number of benzene rings is 2. The van der Waals surface area contributed by atoms with Gasteiger partial charge in [0.15, 0.2) is 0 Å². The van der Waals surface area contributed by atoms with E-state index in [9.17, 15) is 14.9 Å². The van der Waals surface area contributed by atoms with Crippen molar-refractivity contribution >= 4 is 17.3 Å². The smallest absolute Gasteiger partial charge is 0.270 e. The van der Waals surface area contributed by atoms with E-state index in [0.717, 1.165) is 5.69 Å². The van der Waals surface area contributed by atoms with Gasteiger partial charge in [0.2, 0.25) is 6.23 Å². The summed E-state index contributed by atoms with van der Waals surface area (Å²) in [4.78, 5) is 25.3. The molecule has 0 bridgehead atoms. The van der Waals surface area contributed by atoms with Crippen LogP contribution in [0.4, 0.5) is 11.4 Å². The van der Waals surface area contributed by atoms with Crippen LogP contribution in [0.2, 0.25) is 0 Å². The molecule has 0 aromatic heterocycles. The van der Waals surface area contributed by atoms with Crippen LogP contribution in [0, 0.1) is 10.1 Å². The number of ether oxygens (including phenoxy) is 2. The van der Waals surface area contributed by atoms with Crippen molar-refractivity contribution in [2.24, 2.45) is 0 Å². The van der Waals surface area contributed by atoms with Gasteiger partial charge in [0.05, 0.1) is 23.7 Å². The van der Waals surface area contributed by atoms with Crippen LogP contribution < -0.4 is 15.0 Å². The number of nitrogens with one attached hydrogen (secondary N) is 1. The first-order valence-corrected chi connectivity index (χ1v) is 8.31. The second-order valence-electron chi connectivity index (χ2n) is 6.07. The lowest BCUT2D eigenvalue weighted by molar-refractivity contribution is -0.385. The van der Waals surface area contributed by atoms with Crippen molar-refractivity contribution in [2.45, 2.75) is 6.23 Å². The number of carbonyl (C=O) groups excluding carboxylic acids is 1. The quantitative estimate of drug-likeness (QED) is 0.670. The lowest BCUT2D eigenvalue weighted by atomic mass is 10.1. The number of fused-ring (bicyclic) bond motifs is 1. The second-order valence-corrected chi connectivity index (χ2v) is 6.07. The summed E-state index contributed by atoms with van der Waals surface area (Å²) in [7, 11) is 0. The summed E-state index contributed by atoms with van der Waals surface area (Å²) in [5.74, 6) is 0.192. The molecule has 0 saturated carbocycles. The third-order valence-electron chi connectivity index (χ3n) is 4.49. The number of carbonyl (C=O) groups is 1. The Balaban J connectivity index is 1.75. The fourth-order valence-corrected chi connectivity index (χ4v) is 3.21. The molecular formula is C18H17N3O5. The zero-order chi connectivity index (χ0) is 18.1. The van der Waals surface area contributed by atoms with Crippen LogP contribution in [0.1, 0.15) is 22.1 Å². The Kier molecular flexibility index (Phi) is 4.18. The van der Waals surface area contributed by atoms with E-state index < -0.39 is 11.2 Å². The van der Waals surface area contributed by atoms with Crippen molar-refractivity contribution in [1.82, 2.24) is 5.32 Å². The Morgan fingerprint density at radius 1 is 1.15 bits per heavy atom. The SMILES string of the molecule is O=C1NC(c2cc([N+](=O)[O-])ccc2N2CCOCC2)Oc2ccccc21. The van der Waals surface area contributed by atoms with Gasteiger partial charge in [-0.15, -0.1) is 0 Å². The van der Waals surface area contributed by atoms with Gasteiger partial charge < -0.3 is 19.7 Å². The molecule has 8 heteroatoms. The maximum absolute atomic E-state index is 12.4. The van der Waals surface area contributed by atoms with Crippen molar-refractivity contribution in [3.8, 4) is 5.75 Å². The molecule has 2 aromatic carbocycles. The number of hydrogen-bond donors (Lipinski definition) is 1. The summed E-state index contributed by atoms with van der Waals surface area (Å²) in [5.41, 5.74) is 1.75. The molecule has 0 radical (unpaired) electrons. The molecule has 8 nitrogen and oxygen atoms in total. The number of rotatable bonds is 3.